The van der Waals surface area contributed by atoms with Crippen molar-refractivity contribution in [2.75, 3.05) is 10.6 Å². The molecule has 3 N–H and O–H groups in total. The van der Waals surface area contributed by atoms with Gasteiger partial charge >= 0.3 is 0 Å². The van der Waals surface area contributed by atoms with Crippen molar-refractivity contribution in [2.45, 2.75) is 12.5 Å². The lowest BCUT2D eigenvalue weighted by molar-refractivity contribution is -0.116. The third kappa shape index (κ3) is 4.57. The molecule has 0 saturated heterocycles. The van der Waals surface area contributed by atoms with E-state index in [2.05, 4.69) is 15.8 Å². The molecule has 6 nitrogen and oxygen atoms in total. The molecule has 0 saturated carbocycles. The standard InChI is InChI=1S/C25H20FN3O3/c26-17-9-6-10-18(14-17)27-25(31)23(13-16-7-2-1-3-8-16)28-22-15-21(29-32)19-11-4-5-12-20(19)24(22)30/h1-12,14-15,23,28,30H,13H2,(H,27,31)/t23-/m1/s1. The highest BCUT2D eigenvalue weighted by Crippen LogP contribution is 2.39. The summed E-state index contributed by atoms with van der Waals surface area (Å²) >= 11 is 0. The number of halogens is 1. The van der Waals surface area contributed by atoms with Crippen LogP contribution in [0.2, 0.25) is 0 Å². The molecule has 32 heavy (non-hydrogen) atoms. The van der Waals surface area contributed by atoms with Crippen molar-refractivity contribution in [3.63, 3.8) is 0 Å². The van der Waals surface area contributed by atoms with Crippen LogP contribution >= 0.6 is 0 Å². The van der Waals surface area contributed by atoms with Crippen LogP contribution in [0.4, 0.5) is 21.5 Å². The van der Waals surface area contributed by atoms with Gasteiger partial charge in [0.2, 0.25) is 5.91 Å². The lowest BCUT2D eigenvalue weighted by Gasteiger charge is -2.21. The molecule has 0 aromatic heterocycles. The zero-order valence-corrected chi connectivity index (χ0v) is 17.0. The lowest BCUT2D eigenvalue weighted by atomic mass is 10.0. The van der Waals surface area contributed by atoms with Gasteiger partial charge in [-0.15, -0.1) is 4.91 Å². The molecular formula is C25H20FN3O3. The molecule has 0 radical (unpaired) electrons. The van der Waals surface area contributed by atoms with Gasteiger partial charge in [0.05, 0.1) is 5.69 Å². The predicted molar refractivity (Wildman–Crippen MR) is 124 cm³/mol. The molecule has 4 rings (SSSR count). The Bertz CT molecular complexity index is 1280. The average Bonchev–Trinajstić information content (AvgIpc) is 2.81. The number of carbonyl (C=O) groups excluding carboxylic acids is 1. The number of hydrogen-bond acceptors (Lipinski definition) is 5. The molecule has 0 unspecified atom stereocenters. The summed E-state index contributed by atoms with van der Waals surface area (Å²) in [6, 6.07) is 22.4. The van der Waals surface area contributed by atoms with E-state index in [0.29, 0.717) is 16.5 Å². The fourth-order valence-corrected chi connectivity index (χ4v) is 3.57. The molecule has 160 valence electrons. The SMILES string of the molecule is O=Nc1cc(N[C@H](Cc2ccccc2)C(=O)Nc2cccc(F)c2)c(O)c2ccccc12. The minimum absolute atomic E-state index is 0.0929. The van der Waals surface area contributed by atoms with Gasteiger partial charge in [0, 0.05) is 22.9 Å². The minimum Gasteiger partial charge on any atom is -0.505 e. The number of aromatic hydroxyl groups is 1. The number of amides is 1. The van der Waals surface area contributed by atoms with Crippen molar-refractivity contribution < 1.29 is 14.3 Å². The molecule has 0 heterocycles. The van der Waals surface area contributed by atoms with Gasteiger partial charge in [-0.1, -0.05) is 60.7 Å². The smallest absolute Gasteiger partial charge is 0.247 e. The first-order chi connectivity index (χ1) is 15.5. The first-order valence-corrected chi connectivity index (χ1v) is 10.00. The third-order valence-corrected chi connectivity index (χ3v) is 5.11. The Balaban J connectivity index is 1.69. The molecule has 4 aromatic rings. The number of nitroso groups, excluding NO2 is 1. The molecule has 0 bridgehead atoms. The Kier molecular flexibility index (Phi) is 6.07. The van der Waals surface area contributed by atoms with Crippen LogP contribution in [0.1, 0.15) is 5.56 Å². The number of fused-ring (bicyclic) bond motifs is 1. The summed E-state index contributed by atoms with van der Waals surface area (Å²) in [4.78, 5) is 24.5. The van der Waals surface area contributed by atoms with Gasteiger partial charge in [-0.2, -0.15) is 0 Å². The van der Waals surface area contributed by atoms with Crippen molar-refractivity contribution in [3.8, 4) is 5.75 Å². The second-order valence-corrected chi connectivity index (χ2v) is 7.31. The molecule has 1 atom stereocenters. The summed E-state index contributed by atoms with van der Waals surface area (Å²) in [5.41, 5.74) is 1.54. The Morgan fingerprint density at radius 3 is 2.38 bits per heavy atom. The second-order valence-electron chi connectivity index (χ2n) is 7.31. The fraction of sp³-hybridized carbons (Fsp3) is 0.0800. The van der Waals surface area contributed by atoms with Crippen LogP contribution in [0.15, 0.2) is 90.1 Å². The summed E-state index contributed by atoms with van der Waals surface area (Å²) < 4.78 is 13.6. The topological polar surface area (TPSA) is 90.8 Å². The molecular weight excluding hydrogens is 409 g/mol. The van der Waals surface area contributed by atoms with E-state index in [1.165, 1.54) is 24.3 Å². The van der Waals surface area contributed by atoms with Crippen LogP contribution < -0.4 is 10.6 Å². The van der Waals surface area contributed by atoms with Gasteiger partial charge < -0.3 is 15.7 Å². The van der Waals surface area contributed by atoms with Crippen LogP contribution in [0.5, 0.6) is 5.75 Å². The third-order valence-electron chi connectivity index (χ3n) is 5.11. The van der Waals surface area contributed by atoms with E-state index in [9.17, 15) is 19.2 Å². The molecule has 7 heteroatoms. The molecule has 1 amide bonds. The van der Waals surface area contributed by atoms with Crippen molar-refractivity contribution in [1.82, 2.24) is 0 Å². The highest BCUT2D eigenvalue weighted by atomic mass is 19.1. The largest absolute Gasteiger partial charge is 0.505 e. The van der Waals surface area contributed by atoms with Gasteiger partial charge in [0.15, 0.2) is 0 Å². The summed E-state index contributed by atoms with van der Waals surface area (Å²) in [5.74, 6) is -0.985. The molecule has 0 aliphatic carbocycles. The number of phenols is 1. The maximum Gasteiger partial charge on any atom is 0.247 e. The van der Waals surface area contributed by atoms with E-state index in [0.717, 1.165) is 5.56 Å². The number of hydrogen-bond donors (Lipinski definition) is 3. The van der Waals surface area contributed by atoms with E-state index in [4.69, 9.17) is 0 Å². The highest BCUT2D eigenvalue weighted by Gasteiger charge is 2.22. The van der Waals surface area contributed by atoms with Gasteiger partial charge in [0.1, 0.15) is 23.3 Å². The van der Waals surface area contributed by atoms with E-state index in [1.54, 1.807) is 30.3 Å². The van der Waals surface area contributed by atoms with Gasteiger partial charge in [0.25, 0.3) is 0 Å². The van der Waals surface area contributed by atoms with Crippen molar-refractivity contribution in [3.05, 3.63) is 101 Å². The van der Waals surface area contributed by atoms with Gasteiger partial charge in [-0.3, -0.25) is 4.79 Å². The maximum atomic E-state index is 13.6. The Morgan fingerprint density at radius 1 is 0.938 bits per heavy atom. The monoisotopic (exact) mass is 429 g/mol. The summed E-state index contributed by atoms with van der Waals surface area (Å²) in [6.45, 7) is 0. The Morgan fingerprint density at radius 2 is 1.66 bits per heavy atom. The average molecular weight is 429 g/mol. The van der Waals surface area contributed by atoms with Gasteiger partial charge in [-0.05, 0) is 35.0 Å². The molecule has 0 spiro atoms. The summed E-state index contributed by atoms with van der Waals surface area (Å²) in [7, 11) is 0. The van der Waals surface area contributed by atoms with Crippen LogP contribution in [-0.4, -0.2) is 17.1 Å². The van der Waals surface area contributed by atoms with Crippen molar-refractivity contribution in [2.24, 2.45) is 5.18 Å². The van der Waals surface area contributed by atoms with Gasteiger partial charge in [-0.25, -0.2) is 4.39 Å². The number of nitrogens with zero attached hydrogens (tertiary/aromatic N) is 1. The molecule has 0 aliphatic heterocycles. The van der Waals surface area contributed by atoms with Crippen molar-refractivity contribution in [1.29, 1.82) is 0 Å². The minimum atomic E-state index is -0.827. The van der Waals surface area contributed by atoms with E-state index in [1.807, 2.05) is 30.3 Å². The number of nitrogens with one attached hydrogen (secondary N) is 2. The van der Waals surface area contributed by atoms with Crippen LogP contribution in [-0.2, 0) is 11.2 Å². The molecule has 0 fully saturated rings. The second kappa shape index (κ2) is 9.26. The number of carbonyl (C=O) groups is 1. The predicted octanol–water partition coefficient (Wildman–Crippen LogP) is 5.74. The Labute approximate surface area is 183 Å². The lowest BCUT2D eigenvalue weighted by Crippen LogP contribution is -2.36. The van der Waals surface area contributed by atoms with Crippen molar-refractivity contribution >= 4 is 33.7 Å². The van der Waals surface area contributed by atoms with Crippen LogP contribution in [0.3, 0.4) is 0 Å². The quantitative estimate of drug-likeness (QED) is 0.258. The zero-order valence-electron chi connectivity index (χ0n) is 17.0. The van der Waals surface area contributed by atoms with Crippen LogP contribution in [0, 0.1) is 10.7 Å². The Hall–Kier alpha value is -4.26. The summed E-state index contributed by atoms with van der Waals surface area (Å²) in [6.07, 6.45) is 0.290. The first kappa shape index (κ1) is 21.0. The first-order valence-electron chi connectivity index (χ1n) is 10.00. The zero-order chi connectivity index (χ0) is 22.5. The number of rotatable bonds is 7. The molecule has 0 aliphatic rings. The normalized spacial score (nSPS) is 11.7. The van der Waals surface area contributed by atoms with E-state index in [-0.39, 0.29) is 23.5 Å². The molecule has 4 aromatic carbocycles. The van der Waals surface area contributed by atoms with E-state index < -0.39 is 17.8 Å². The number of benzene rings is 4. The fourth-order valence-electron chi connectivity index (χ4n) is 3.57. The maximum absolute atomic E-state index is 13.6. The summed E-state index contributed by atoms with van der Waals surface area (Å²) in [5, 5.41) is 20.6. The number of anilines is 2. The van der Waals surface area contributed by atoms with E-state index >= 15 is 0 Å². The van der Waals surface area contributed by atoms with Crippen LogP contribution in [0.25, 0.3) is 10.8 Å². The highest BCUT2D eigenvalue weighted by molar-refractivity contribution is 6.02. The number of phenolic OH excluding ortho intramolecular Hbond substituents is 1.